The van der Waals surface area contributed by atoms with Crippen molar-refractivity contribution in [2.24, 2.45) is 5.92 Å². The van der Waals surface area contributed by atoms with Gasteiger partial charge in [0.05, 0.1) is 18.0 Å². The Morgan fingerprint density at radius 1 is 1.23 bits per heavy atom. The van der Waals surface area contributed by atoms with E-state index < -0.39 is 5.54 Å². The predicted octanol–water partition coefficient (Wildman–Crippen LogP) is 1.43. The molecule has 2 aliphatic heterocycles. The largest absolute Gasteiger partial charge is 0.355 e. The zero-order chi connectivity index (χ0) is 21.7. The molecule has 7 heteroatoms. The molecule has 164 valence electrons. The second-order valence-electron chi connectivity index (χ2n) is 8.35. The maximum Gasteiger partial charge on any atom is 0.252 e. The smallest absolute Gasteiger partial charge is 0.252 e. The molecule has 1 spiro atoms. The summed E-state index contributed by atoms with van der Waals surface area (Å²) in [7, 11) is 0. The number of fused-ring (bicyclic) bond motifs is 1. The first-order chi connectivity index (χ1) is 14.4. The van der Waals surface area contributed by atoms with Crippen LogP contribution in [0.1, 0.15) is 49.5 Å². The van der Waals surface area contributed by atoms with E-state index in [1.807, 2.05) is 54.8 Å². The number of hydrogen-bond donors (Lipinski definition) is 2. The van der Waals surface area contributed by atoms with Crippen LogP contribution in [0, 0.1) is 5.92 Å². The molecule has 7 nitrogen and oxygen atoms in total. The SMILES string of the molecule is CCCNC(=O)CN1C[C@H](C(=O)N(CC)CC)[C@]2(CCc3ccccc3C(=O)N2)C1. The fourth-order valence-corrected chi connectivity index (χ4v) is 4.77. The van der Waals surface area contributed by atoms with Crippen LogP contribution in [0.5, 0.6) is 0 Å². The number of nitrogens with zero attached hydrogens (tertiary/aromatic N) is 2. The van der Waals surface area contributed by atoms with E-state index in [4.69, 9.17) is 0 Å². The minimum absolute atomic E-state index is 0.0360. The van der Waals surface area contributed by atoms with Crippen molar-refractivity contribution in [3.63, 3.8) is 0 Å². The Labute approximate surface area is 179 Å². The molecule has 0 bridgehead atoms. The number of benzene rings is 1. The summed E-state index contributed by atoms with van der Waals surface area (Å²) in [6.07, 6.45) is 2.29. The van der Waals surface area contributed by atoms with Crippen LogP contribution >= 0.6 is 0 Å². The molecule has 2 heterocycles. The van der Waals surface area contributed by atoms with Crippen LogP contribution in [0.25, 0.3) is 0 Å². The molecule has 0 aliphatic carbocycles. The summed E-state index contributed by atoms with van der Waals surface area (Å²) >= 11 is 0. The molecule has 1 aromatic carbocycles. The molecule has 1 aromatic rings. The van der Waals surface area contributed by atoms with Crippen molar-refractivity contribution in [1.29, 1.82) is 0 Å². The normalized spacial score (nSPS) is 23.6. The van der Waals surface area contributed by atoms with Crippen molar-refractivity contribution in [1.82, 2.24) is 20.4 Å². The number of carbonyl (C=O) groups excluding carboxylic acids is 3. The van der Waals surface area contributed by atoms with Gasteiger partial charge in [-0.2, -0.15) is 0 Å². The maximum atomic E-state index is 13.4. The van der Waals surface area contributed by atoms with Gasteiger partial charge in [-0.25, -0.2) is 0 Å². The zero-order valence-electron chi connectivity index (χ0n) is 18.4. The Hall–Kier alpha value is -2.41. The molecule has 0 saturated carbocycles. The van der Waals surface area contributed by atoms with Gasteiger partial charge in [0.1, 0.15) is 0 Å². The van der Waals surface area contributed by atoms with Crippen LogP contribution in [0.4, 0.5) is 0 Å². The summed E-state index contributed by atoms with van der Waals surface area (Å²) in [6.45, 7) is 9.09. The lowest BCUT2D eigenvalue weighted by Gasteiger charge is -2.36. The van der Waals surface area contributed by atoms with Gasteiger partial charge in [-0.15, -0.1) is 0 Å². The predicted molar refractivity (Wildman–Crippen MR) is 116 cm³/mol. The number of carbonyl (C=O) groups is 3. The zero-order valence-corrected chi connectivity index (χ0v) is 18.4. The second kappa shape index (κ2) is 9.60. The van der Waals surface area contributed by atoms with Crippen LogP contribution in [0.2, 0.25) is 0 Å². The third-order valence-electron chi connectivity index (χ3n) is 6.39. The van der Waals surface area contributed by atoms with E-state index in [-0.39, 0.29) is 30.2 Å². The first-order valence-electron chi connectivity index (χ1n) is 11.1. The third-order valence-corrected chi connectivity index (χ3v) is 6.39. The summed E-state index contributed by atoms with van der Waals surface area (Å²) in [5.41, 5.74) is 1.03. The van der Waals surface area contributed by atoms with E-state index in [0.29, 0.717) is 44.7 Å². The first-order valence-corrected chi connectivity index (χ1v) is 11.1. The monoisotopic (exact) mass is 414 g/mol. The van der Waals surface area contributed by atoms with E-state index in [9.17, 15) is 14.4 Å². The topological polar surface area (TPSA) is 81.8 Å². The van der Waals surface area contributed by atoms with Crippen LogP contribution < -0.4 is 10.6 Å². The van der Waals surface area contributed by atoms with Gasteiger partial charge < -0.3 is 15.5 Å². The van der Waals surface area contributed by atoms with Gasteiger partial charge in [-0.3, -0.25) is 19.3 Å². The van der Waals surface area contributed by atoms with Crippen LogP contribution in [0.15, 0.2) is 24.3 Å². The van der Waals surface area contributed by atoms with Crippen molar-refractivity contribution < 1.29 is 14.4 Å². The lowest BCUT2D eigenvalue weighted by molar-refractivity contribution is -0.136. The average molecular weight is 415 g/mol. The van der Waals surface area contributed by atoms with Gasteiger partial charge in [0.2, 0.25) is 11.8 Å². The van der Waals surface area contributed by atoms with E-state index in [2.05, 4.69) is 10.6 Å². The lowest BCUT2D eigenvalue weighted by atomic mass is 9.81. The molecule has 0 aromatic heterocycles. The standard InChI is InChI=1S/C23H34N4O3/c1-4-13-24-20(28)15-26-14-19(22(30)27(5-2)6-3)23(16-26)12-11-17-9-7-8-10-18(17)21(29)25-23/h7-10,19H,4-6,11-16H2,1-3H3,(H,24,28)(H,25,29)/t19-,23+/m1/s1. The molecule has 1 saturated heterocycles. The van der Waals surface area contributed by atoms with Crippen molar-refractivity contribution in [2.75, 3.05) is 39.3 Å². The van der Waals surface area contributed by atoms with Crippen LogP contribution in [-0.2, 0) is 16.0 Å². The first kappa shape index (κ1) is 22.3. The van der Waals surface area contributed by atoms with Gasteiger partial charge in [0.25, 0.3) is 5.91 Å². The fourth-order valence-electron chi connectivity index (χ4n) is 4.77. The Morgan fingerprint density at radius 3 is 2.67 bits per heavy atom. The lowest BCUT2D eigenvalue weighted by Crippen LogP contribution is -2.58. The molecule has 2 atom stereocenters. The molecule has 2 N–H and O–H groups in total. The van der Waals surface area contributed by atoms with E-state index in [1.54, 1.807) is 0 Å². The molecule has 0 unspecified atom stereocenters. The van der Waals surface area contributed by atoms with Crippen molar-refractivity contribution in [2.45, 2.75) is 45.6 Å². The number of likely N-dealkylation sites (tertiary alicyclic amines) is 1. The summed E-state index contributed by atoms with van der Waals surface area (Å²) in [5.74, 6) is -0.471. The van der Waals surface area contributed by atoms with E-state index in [0.717, 1.165) is 18.4 Å². The molecule has 3 rings (SSSR count). The maximum absolute atomic E-state index is 13.4. The quantitative estimate of drug-likeness (QED) is 0.707. The van der Waals surface area contributed by atoms with Gasteiger partial charge in [-0.1, -0.05) is 25.1 Å². The highest BCUT2D eigenvalue weighted by Gasteiger charge is 2.52. The van der Waals surface area contributed by atoms with E-state index >= 15 is 0 Å². The third kappa shape index (κ3) is 4.51. The van der Waals surface area contributed by atoms with Crippen LogP contribution in [-0.4, -0.2) is 72.3 Å². The van der Waals surface area contributed by atoms with Crippen molar-refractivity contribution >= 4 is 17.7 Å². The summed E-state index contributed by atoms with van der Waals surface area (Å²) in [4.78, 5) is 42.7. The van der Waals surface area contributed by atoms with Gasteiger partial charge in [-0.05, 0) is 44.7 Å². The average Bonchev–Trinajstić information content (AvgIpc) is 3.01. The molecular formula is C23H34N4O3. The van der Waals surface area contributed by atoms with E-state index in [1.165, 1.54) is 0 Å². The Morgan fingerprint density at radius 2 is 1.97 bits per heavy atom. The fraction of sp³-hybridized carbons (Fsp3) is 0.609. The highest BCUT2D eigenvalue weighted by molar-refractivity contribution is 5.97. The minimum atomic E-state index is -0.666. The van der Waals surface area contributed by atoms with Gasteiger partial charge in [0, 0.05) is 38.3 Å². The van der Waals surface area contributed by atoms with Crippen molar-refractivity contribution in [3.8, 4) is 0 Å². The molecule has 30 heavy (non-hydrogen) atoms. The number of amides is 3. The number of hydrogen-bond acceptors (Lipinski definition) is 4. The highest BCUT2D eigenvalue weighted by Crippen LogP contribution is 2.36. The second-order valence-corrected chi connectivity index (χ2v) is 8.35. The Kier molecular flexibility index (Phi) is 7.13. The summed E-state index contributed by atoms with van der Waals surface area (Å²) in [5, 5.41) is 6.14. The van der Waals surface area contributed by atoms with Gasteiger partial charge in [0.15, 0.2) is 0 Å². The molecular weight excluding hydrogens is 380 g/mol. The minimum Gasteiger partial charge on any atom is -0.355 e. The molecule has 1 fully saturated rings. The molecule has 3 amide bonds. The number of nitrogens with one attached hydrogen (secondary N) is 2. The number of rotatable bonds is 7. The molecule has 2 aliphatic rings. The molecule has 0 radical (unpaired) electrons. The Bertz CT molecular complexity index is 792. The summed E-state index contributed by atoms with van der Waals surface area (Å²) < 4.78 is 0. The van der Waals surface area contributed by atoms with Crippen molar-refractivity contribution in [3.05, 3.63) is 35.4 Å². The summed E-state index contributed by atoms with van der Waals surface area (Å²) in [6, 6.07) is 7.64. The van der Waals surface area contributed by atoms with Crippen LogP contribution in [0.3, 0.4) is 0 Å². The number of aryl methyl sites for hydroxylation is 1. The Balaban J connectivity index is 1.87. The van der Waals surface area contributed by atoms with Gasteiger partial charge >= 0.3 is 0 Å². The highest BCUT2D eigenvalue weighted by atomic mass is 16.2.